The van der Waals surface area contributed by atoms with Crippen LogP contribution in [0.2, 0.25) is 0 Å². The number of hydrogen-bond acceptors (Lipinski definition) is 3. The number of nitrogens with zero attached hydrogens (tertiary/aromatic N) is 3. The van der Waals surface area contributed by atoms with E-state index in [4.69, 9.17) is 0 Å². The van der Waals surface area contributed by atoms with Crippen molar-refractivity contribution in [1.82, 2.24) is 20.0 Å². The molecule has 1 amide bonds. The highest BCUT2D eigenvalue weighted by atomic mass is 16.2. The lowest BCUT2D eigenvalue weighted by Gasteiger charge is -2.04. The zero-order valence-corrected chi connectivity index (χ0v) is 10.8. The number of H-pyrrole nitrogens is 1. The highest BCUT2D eigenvalue weighted by Gasteiger charge is 2.14. The fraction of sp³-hybridized carbons (Fsp3) is 0.417. The molecule has 0 atom stereocenters. The summed E-state index contributed by atoms with van der Waals surface area (Å²) in [7, 11) is 1.77. The van der Waals surface area contributed by atoms with Crippen LogP contribution < -0.4 is 5.32 Å². The van der Waals surface area contributed by atoms with E-state index >= 15 is 0 Å². The van der Waals surface area contributed by atoms with Gasteiger partial charge in [-0.05, 0) is 18.9 Å². The van der Waals surface area contributed by atoms with E-state index in [0.717, 1.165) is 24.1 Å². The summed E-state index contributed by atoms with van der Waals surface area (Å²) in [5.41, 5.74) is 2.44. The van der Waals surface area contributed by atoms with E-state index in [1.54, 1.807) is 24.0 Å². The van der Waals surface area contributed by atoms with Crippen molar-refractivity contribution in [1.29, 1.82) is 0 Å². The third-order valence-electron chi connectivity index (χ3n) is 2.86. The Kier molecular flexibility index (Phi) is 3.45. The minimum Gasteiger partial charge on any atom is -0.305 e. The Bertz CT molecular complexity index is 555. The van der Waals surface area contributed by atoms with Gasteiger partial charge in [0.2, 0.25) is 0 Å². The molecule has 0 aromatic carbocycles. The molecule has 0 aliphatic rings. The minimum absolute atomic E-state index is 0.177. The van der Waals surface area contributed by atoms with Crippen LogP contribution in [-0.2, 0) is 19.9 Å². The average molecular weight is 247 g/mol. The van der Waals surface area contributed by atoms with Crippen molar-refractivity contribution in [2.75, 3.05) is 5.32 Å². The molecule has 18 heavy (non-hydrogen) atoms. The number of rotatable bonds is 4. The highest BCUT2D eigenvalue weighted by molar-refractivity contribution is 6.02. The fourth-order valence-corrected chi connectivity index (χ4v) is 1.78. The van der Waals surface area contributed by atoms with Crippen molar-refractivity contribution in [2.45, 2.75) is 26.7 Å². The summed E-state index contributed by atoms with van der Waals surface area (Å²) in [4.78, 5) is 12.1. The van der Waals surface area contributed by atoms with Gasteiger partial charge in [-0.2, -0.15) is 10.2 Å². The molecule has 0 saturated carbocycles. The van der Waals surface area contributed by atoms with E-state index in [-0.39, 0.29) is 5.91 Å². The first-order valence-corrected chi connectivity index (χ1v) is 6.02. The molecule has 6 nitrogen and oxygen atoms in total. The van der Waals surface area contributed by atoms with Crippen LogP contribution in [0.3, 0.4) is 0 Å². The van der Waals surface area contributed by atoms with E-state index in [9.17, 15) is 4.79 Å². The Balaban J connectivity index is 2.19. The van der Waals surface area contributed by atoms with Crippen LogP contribution in [0, 0.1) is 0 Å². The van der Waals surface area contributed by atoms with Crippen LogP contribution in [0.4, 0.5) is 5.82 Å². The first kappa shape index (κ1) is 12.3. The normalized spacial score (nSPS) is 10.6. The van der Waals surface area contributed by atoms with Gasteiger partial charge in [0, 0.05) is 12.6 Å². The van der Waals surface area contributed by atoms with Crippen molar-refractivity contribution in [3.8, 4) is 0 Å². The lowest BCUT2D eigenvalue weighted by atomic mass is 10.2. The second kappa shape index (κ2) is 5.03. The molecule has 0 aliphatic carbocycles. The Morgan fingerprint density at radius 3 is 2.83 bits per heavy atom. The standard InChI is InChI=1S/C12H17N5O/c1-4-8-7-13-15-11(8)14-12(18)10-6-9(5-2)16-17(10)3/h6-7H,4-5H2,1-3H3,(H2,13,14,15,18). The van der Waals surface area contributed by atoms with Crippen LogP contribution in [0.5, 0.6) is 0 Å². The van der Waals surface area contributed by atoms with Crippen molar-refractivity contribution in [2.24, 2.45) is 7.05 Å². The molecule has 96 valence electrons. The van der Waals surface area contributed by atoms with Crippen molar-refractivity contribution >= 4 is 11.7 Å². The molecule has 0 fully saturated rings. The summed E-state index contributed by atoms with van der Waals surface area (Å²) in [5.74, 6) is 0.477. The zero-order chi connectivity index (χ0) is 13.1. The molecule has 2 aromatic rings. The predicted octanol–water partition coefficient (Wildman–Crippen LogP) is 1.52. The average Bonchev–Trinajstić information content (AvgIpc) is 2.95. The molecule has 0 radical (unpaired) electrons. The molecule has 0 unspecified atom stereocenters. The number of anilines is 1. The summed E-state index contributed by atoms with van der Waals surface area (Å²) in [6.45, 7) is 4.02. The molecular weight excluding hydrogens is 230 g/mol. The molecule has 2 aromatic heterocycles. The predicted molar refractivity (Wildman–Crippen MR) is 68.5 cm³/mol. The maximum absolute atomic E-state index is 12.1. The third kappa shape index (κ3) is 2.27. The molecule has 2 rings (SSSR count). The monoisotopic (exact) mass is 247 g/mol. The van der Waals surface area contributed by atoms with Crippen LogP contribution >= 0.6 is 0 Å². The second-order valence-electron chi connectivity index (χ2n) is 4.08. The van der Waals surface area contributed by atoms with Gasteiger partial charge in [-0.25, -0.2) is 0 Å². The highest BCUT2D eigenvalue weighted by Crippen LogP contribution is 2.13. The quantitative estimate of drug-likeness (QED) is 0.860. The number of carbonyl (C=O) groups is 1. The molecular formula is C12H17N5O. The van der Waals surface area contributed by atoms with Gasteiger partial charge in [-0.15, -0.1) is 0 Å². The van der Waals surface area contributed by atoms with Gasteiger partial charge in [-0.1, -0.05) is 13.8 Å². The van der Waals surface area contributed by atoms with Crippen LogP contribution in [0.15, 0.2) is 12.3 Å². The van der Waals surface area contributed by atoms with Gasteiger partial charge >= 0.3 is 0 Å². The van der Waals surface area contributed by atoms with Gasteiger partial charge in [0.15, 0.2) is 0 Å². The van der Waals surface area contributed by atoms with Gasteiger partial charge in [-0.3, -0.25) is 14.6 Å². The number of amides is 1. The Hall–Kier alpha value is -2.11. The number of aromatic amines is 1. The molecule has 0 spiro atoms. The Morgan fingerprint density at radius 2 is 2.22 bits per heavy atom. The molecule has 2 heterocycles. The molecule has 2 N–H and O–H groups in total. The number of nitrogens with one attached hydrogen (secondary N) is 2. The maximum atomic E-state index is 12.1. The Labute approximate surface area is 105 Å². The number of aromatic nitrogens is 4. The van der Waals surface area contributed by atoms with Crippen molar-refractivity contribution in [3.63, 3.8) is 0 Å². The summed E-state index contributed by atoms with van der Waals surface area (Å²) in [6, 6.07) is 1.80. The molecule has 6 heteroatoms. The third-order valence-corrected chi connectivity index (χ3v) is 2.86. The van der Waals surface area contributed by atoms with Gasteiger partial charge < -0.3 is 5.32 Å². The van der Waals surface area contributed by atoms with Gasteiger partial charge in [0.25, 0.3) is 5.91 Å². The topological polar surface area (TPSA) is 75.6 Å². The van der Waals surface area contributed by atoms with Gasteiger partial charge in [0.05, 0.1) is 11.9 Å². The number of hydrogen-bond donors (Lipinski definition) is 2. The summed E-state index contributed by atoms with van der Waals surface area (Å²) in [6.07, 6.45) is 3.35. The van der Waals surface area contributed by atoms with Crippen molar-refractivity contribution < 1.29 is 4.79 Å². The van der Waals surface area contributed by atoms with Crippen LogP contribution in [0.1, 0.15) is 35.6 Å². The zero-order valence-electron chi connectivity index (χ0n) is 10.8. The Morgan fingerprint density at radius 1 is 1.44 bits per heavy atom. The molecule has 0 aliphatic heterocycles. The summed E-state index contributed by atoms with van der Waals surface area (Å²) in [5, 5.41) is 13.8. The van der Waals surface area contributed by atoms with E-state index in [1.807, 2.05) is 13.8 Å². The SMILES string of the molecule is CCc1cc(C(=O)Nc2[nH]ncc2CC)n(C)n1. The lowest BCUT2D eigenvalue weighted by molar-refractivity contribution is 0.101. The summed E-state index contributed by atoms with van der Waals surface area (Å²) >= 11 is 0. The van der Waals surface area contributed by atoms with Gasteiger partial charge in [0.1, 0.15) is 11.5 Å². The first-order valence-electron chi connectivity index (χ1n) is 6.02. The number of carbonyl (C=O) groups excluding carboxylic acids is 1. The largest absolute Gasteiger partial charge is 0.305 e. The molecule has 0 saturated heterocycles. The van der Waals surface area contributed by atoms with E-state index in [1.165, 1.54) is 0 Å². The summed E-state index contributed by atoms with van der Waals surface area (Å²) < 4.78 is 1.59. The maximum Gasteiger partial charge on any atom is 0.275 e. The molecule has 0 bridgehead atoms. The first-order chi connectivity index (χ1) is 8.65. The minimum atomic E-state index is -0.177. The van der Waals surface area contributed by atoms with Crippen molar-refractivity contribution in [3.05, 3.63) is 29.2 Å². The second-order valence-corrected chi connectivity index (χ2v) is 4.08. The van der Waals surface area contributed by atoms with E-state index in [2.05, 4.69) is 20.6 Å². The van der Waals surface area contributed by atoms with E-state index < -0.39 is 0 Å². The smallest absolute Gasteiger partial charge is 0.275 e. The number of aryl methyl sites for hydroxylation is 3. The van der Waals surface area contributed by atoms with Crippen LogP contribution in [-0.4, -0.2) is 25.9 Å². The fourth-order valence-electron chi connectivity index (χ4n) is 1.78. The van der Waals surface area contributed by atoms with E-state index in [0.29, 0.717) is 11.5 Å². The lowest BCUT2D eigenvalue weighted by Crippen LogP contribution is -2.17. The van der Waals surface area contributed by atoms with Crippen LogP contribution in [0.25, 0.3) is 0 Å².